The van der Waals surface area contributed by atoms with E-state index in [-0.39, 0.29) is 18.1 Å². The molecule has 1 atom stereocenters. The fourth-order valence-corrected chi connectivity index (χ4v) is 5.77. The molecule has 38 heavy (non-hydrogen) atoms. The van der Waals surface area contributed by atoms with Crippen LogP contribution in [0.25, 0.3) is 5.69 Å². The van der Waals surface area contributed by atoms with Gasteiger partial charge >= 0.3 is 0 Å². The Bertz CT molecular complexity index is 1440. The summed E-state index contributed by atoms with van der Waals surface area (Å²) in [6.07, 6.45) is 0. The van der Waals surface area contributed by atoms with Crippen molar-refractivity contribution < 1.29 is 14.4 Å². The molecule has 4 aromatic rings. The molecule has 198 valence electrons. The number of aromatic nitrogens is 3. The molecular formula is C26H23BrCl2N4O4S. The minimum atomic E-state index is -0.622. The first-order valence-corrected chi connectivity index (χ1v) is 14.0. The van der Waals surface area contributed by atoms with Gasteiger partial charge in [0, 0.05) is 36.3 Å². The molecule has 0 unspecified atom stereocenters. The lowest BCUT2D eigenvalue weighted by Crippen LogP contribution is -2.13. The summed E-state index contributed by atoms with van der Waals surface area (Å²) in [7, 11) is 0. The number of hydrogen-bond donors (Lipinski definition) is 0. The number of benzene rings is 3. The van der Waals surface area contributed by atoms with E-state index in [2.05, 4.69) is 26.1 Å². The third-order valence-corrected chi connectivity index (χ3v) is 7.72. The predicted molar refractivity (Wildman–Crippen MR) is 153 cm³/mol. The van der Waals surface area contributed by atoms with Gasteiger partial charge in [-0.25, -0.2) is 0 Å². The van der Waals surface area contributed by atoms with Crippen molar-refractivity contribution in [3.8, 4) is 17.2 Å². The van der Waals surface area contributed by atoms with E-state index in [0.717, 1.165) is 21.5 Å². The average Bonchev–Trinajstić information content (AvgIpc) is 3.24. The molecule has 0 radical (unpaired) electrons. The molecule has 0 fully saturated rings. The highest BCUT2D eigenvalue weighted by atomic mass is 79.9. The largest absolute Gasteiger partial charge is 0.494 e. The Morgan fingerprint density at radius 3 is 2.53 bits per heavy atom. The van der Waals surface area contributed by atoms with Gasteiger partial charge in [-0.1, -0.05) is 57.0 Å². The zero-order valence-corrected chi connectivity index (χ0v) is 24.4. The van der Waals surface area contributed by atoms with Crippen LogP contribution >= 0.6 is 50.9 Å². The Balaban J connectivity index is 1.66. The molecule has 0 saturated heterocycles. The van der Waals surface area contributed by atoms with Crippen LogP contribution in [-0.4, -0.2) is 32.8 Å². The van der Waals surface area contributed by atoms with E-state index in [9.17, 15) is 10.1 Å². The van der Waals surface area contributed by atoms with Gasteiger partial charge in [0.05, 0.1) is 6.61 Å². The zero-order valence-electron chi connectivity index (χ0n) is 20.4. The average molecular weight is 638 g/mol. The van der Waals surface area contributed by atoms with E-state index >= 15 is 0 Å². The number of halogens is 3. The van der Waals surface area contributed by atoms with Crippen molar-refractivity contribution in [3.63, 3.8) is 0 Å². The van der Waals surface area contributed by atoms with Crippen LogP contribution in [0.15, 0.2) is 70.3 Å². The van der Waals surface area contributed by atoms with E-state index < -0.39 is 5.25 Å². The minimum absolute atomic E-state index is 0.169. The Hall–Kier alpha value is -2.79. The lowest BCUT2D eigenvalue weighted by Gasteiger charge is -2.19. The van der Waals surface area contributed by atoms with Crippen LogP contribution < -0.4 is 9.47 Å². The molecule has 0 N–H and O–H groups in total. The molecule has 0 amide bonds. The number of rotatable bonds is 11. The number of nitrogens with zero attached hydrogens (tertiary/aromatic N) is 4. The van der Waals surface area contributed by atoms with E-state index in [0.29, 0.717) is 38.9 Å². The summed E-state index contributed by atoms with van der Waals surface area (Å²) in [4.78, 5) is 11.4. The van der Waals surface area contributed by atoms with Crippen LogP contribution in [0.4, 0.5) is 0 Å². The second-order valence-electron chi connectivity index (χ2n) is 8.12. The summed E-state index contributed by atoms with van der Waals surface area (Å²) >= 11 is 17.1. The lowest BCUT2D eigenvalue weighted by atomic mass is 10.1. The van der Waals surface area contributed by atoms with Gasteiger partial charge in [-0.05, 0) is 68.4 Å². The van der Waals surface area contributed by atoms with Gasteiger partial charge in [0.15, 0.2) is 5.16 Å². The van der Waals surface area contributed by atoms with Crippen molar-refractivity contribution in [1.82, 2.24) is 14.8 Å². The fourth-order valence-electron chi connectivity index (χ4n) is 3.73. The number of ether oxygens (including phenoxy) is 2. The number of nitro groups is 1. The SMILES string of the molecule is CCOc1ccc(-n2c(C)nnc2S[C@H](C[N+](=O)[O-])c2cc(Br)ccc2OCc2ccc(Cl)cc2Cl)cc1. The quantitative estimate of drug-likeness (QED) is 0.0943. The highest BCUT2D eigenvalue weighted by Gasteiger charge is 2.27. The van der Waals surface area contributed by atoms with Crippen LogP contribution in [-0.2, 0) is 6.61 Å². The molecule has 12 heteroatoms. The van der Waals surface area contributed by atoms with Gasteiger partial charge in [0.2, 0.25) is 6.54 Å². The van der Waals surface area contributed by atoms with Gasteiger partial charge in [-0.15, -0.1) is 10.2 Å². The summed E-state index contributed by atoms with van der Waals surface area (Å²) in [5.74, 6) is 1.90. The van der Waals surface area contributed by atoms with Gasteiger partial charge in [-0.3, -0.25) is 14.7 Å². The highest BCUT2D eigenvalue weighted by Crippen LogP contribution is 2.41. The summed E-state index contributed by atoms with van der Waals surface area (Å²) < 4.78 is 14.3. The van der Waals surface area contributed by atoms with E-state index in [1.54, 1.807) is 24.3 Å². The monoisotopic (exact) mass is 636 g/mol. The summed E-state index contributed by atoms with van der Waals surface area (Å²) in [5, 5.41) is 21.2. The first kappa shape index (κ1) is 28.2. The molecule has 0 aliphatic heterocycles. The Morgan fingerprint density at radius 1 is 1.08 bits per heavy atom. The molecule has 0 aliphatic rings. The second kappa shape index (κ2) is 12.8. The maximum atomic E-state index is 11.7. The minimum Gasteiger partial charge on any atom is -0.494 e. The Kier molecular flexibility index (Phi) is 9.54. The first-order chi connectivity index (χ1) is 18.2. The second-order valence-corrected chi connectivity index (χ2v) is 11.0. The van der Waals surface area contributed by atoms with Crippen molar-refractivity contribution in [2.75, 3.05) is 13.2 Å². The van der Waals surface area contributed by atoms with Crippen molar-refractivity contribution >= 4 is 50.9 Å². The highest BCUT2D eigenvalue weighted by molar-refractivity contribution is 9.10. The van der Waals surface area contributed by atoms with Crippen molar-refractivity contribution in [2.45, 2.75) is 30.9 Å². The lowest BCUT2D eigenvalue weighted by molar-refractivity contribution is -0.479. The van der Waals surface area contributed by atoms with Crippen LogP contribution in [0.1, 0.15) is 29.1 Å². The molecular weight excluding hydrogens is 615 g/mol. The third-order valence-electron chi connectivity index (χ3n) is 5.48. The molecule has 1 heterocycles. The molecule has 0 aliphatic carbocycles. The van der Waals surface area contributed by atoms with Gasteiger partial charge in [-0.2, -0.15) is 0 Å². The summed E-state index contributed by atoms with van der Waals surface area (Å²) in [5.41, 5.74) is 2.21. The van der Waals surface area contributed by atoms with Crippen LogP contribution in [0, 0.1) is 17.0 Å². The summed E-state index contributed by atoms with van der Waals surface area (Å²) in [6.45, 7) is 4.14. The van der Waals surface area contributed by atoms with E-state index in [1.165, 1.54) is 11.8 Å². The van der Waals surface area contributed by atoms with Crippen LogP contribution in [0.3, 0.4) is 0 Å². The maximum Gasteiger partial charge on any atom is 0.220 e. The number of aryl methyl sites for hydroxylation is 1. The molecule has 0 saturated carbocycles. The molecule has 0 spiro atoms. The normalized spacial score (nSPS) is 11.8. The smallest absolute Gasteiger partial charge is 0.220 e. The predicted octanol–water partition coefficient (Wildman–Crippen LogP) is 7.73. The standard InChI is InChI=1S/C26H23BrCl2N4O4S/c1-3-36-21-9-7-20(8-10-21)33-16(2)30-31-26(33)38-25(14-32(34)35)22-12-18(27)5-11-24(22)37-15-17-4-6-19(28)13-23(17)29/h4-13,25H,3,14-15H2,1-2H3/t25-/m1/s1. The van der Waals surface area contributed by atoms with Crippen molar-refractivity contribution in [2.24, 2.45) is 0 Å². The van der Waals surface area contributed by atoms with Crippen molar-refractivity contribution in [3.05, 3.63) is 102 Å². The van der Waals surface area contributed by atoms with Gasteiger partial charge < -0.3 is 9.47 Å². The van der Waals surface area contributed by atoms with E-state index in [4.69, 9.17) is 32.7 Å². The molecule has 0 bridgehead atoms. The molecule has 1 aromatic heterocycles. The number of hydrogen-bond acceptors (Lipinski definition) is 7. The zero-order chi connectivity index (χ0) is 27.2. The molecule has 4 rings (SSSR count). The van der Waals surface area contributed by atoms with E-state index in [1.807, 2.05) is 54.8 Å². The maximum absolute atomic E-state index is 11.7. The van der Waals surface area contributed by atoms with Gasteiger partial charge in [0.1, 0.15) is 29.2 Å². The Morgan fingerprint density at radius 2 is 1.84 bits per heavy atom. The molecule has 3 aromatic carbocycles. The van der Waals surface area contributed by atoms with Gasteiger partial charge in [0.25, 0.3) is 0 Å². The Labute approximate surface area is 242 Å². The first-order valence-electron chi connectivity index (χ1n) is 11.5. The summed E-state index contributed by atoms with van der Waals surface area (Å²) in [6, 6.07) is 18.1. The van der Waals surface area contributed by atoms with Crippen molar-refractivity contribution in [1.29, 1.82) is 0 Å². The topological polar surface area (TPSA) is 92.3 Å². The molecule has 8 nitrogen and oxygen atoms in total. The third kappa shape index (κ3) is 6.99. The number of thioether (sulfide) groups is 1. The van der Waals surface area contributed by atoms with Crippen LogP contribution in [0.2, 0.25) is 10.0 Å². The van der Waals surface area contributed by atoms with Crippen LogP contribution in [0.5, 0.6) is 11.5 Å². The fraction of sp³-hybridized carbons (Fsp3) is 0.231.